The molecule has 5 heterocycles. The van der Waals surface area contributed by atoms with Crippen LogP contribution in [0.25, 0.3) is 11.4 Å². The second-order valence-corrected chi connectivity index (χ2v) is 9.71. The molecule has 12 nitrogen and oxygen atoms in total. The maximum atomic E-state index is 11.7. The maximum Gasteiger partial charge on any atom is 0.344 e. The number of aryl methyl sites for hydroxylation is 2. The van der Waals surface area contributed by atoms with Crippen LogP contribution in [0.1, 0.15) is 23.9 Å². The van der Waals surface area contributed by atoms with Gasteiger partial charge in [-0.3, -0.25) is 4.98 Å². The highest BCUT2D eigenvalue weighted by atomic mass is 16.5. The van der Waals surface area contributed by atoms with Gasteiger partial charge in [0, 0.05) is 48.7 Å². The van der Waals surface area contributed by atoms with Gasteiger partial charge in [0.2, 0.25) is 5.95 Å². The first-order valence-corrected chi connectivity index (χ1v) is 12.7. The van der Waals surface area contributed by atoms with Crippen molar-refractivity contribution in [3.63, 3.8) is 0 Å². The van der Waals surface area contributed by atoms with Gasteiger partial charge in [-0.05, 0) is 44.5 Å². The maximum absolute atomic E-state index is 11.7. The van der Waals surface area contributed by atoms with Gasteiger partial charge in [0.15, 0.2) is 5.82 Å². The van der Waals surface area contributed by atoms with E-state index in [0.717, 1.165) is 53.8 Å². The van der Waals surface area contributed by atoms with E-state index in [-0.39, 0.29) is 11.7 Å². The summed E-state index contributed by atoms with van der Waals surface area (Å²) < 4.78 is 6.95. The van der Waals surface area contributed by atoms with E-state index in [9.17, 15) is 4.79 Å². The summed E-state index contributed by atoms with van der Waals surface area (Å²) in [6.07, 6.45) is 2.45. The van der Waals surface area contributed by atoms with E-state index in [1.54, 1.807) is 13.4 Å². The number of ether oxygens (including phenoxy) is 1. The fourth-order valence-corrected chi connectivity index (χ4v) is 4.93. The molecule has 0 aliphatic carbocycles. The lowest BCUT2D eigenvalue weighted by molar-refractivity contribution is 0.0984. The summed E-state index contributed by atoms with van der Waals surface area (Å²) in [6, 6.07) is 10.1. The molecule has 0 radical (unpaired) electrons. The first kappa shape index (κ1) is 24.0. The van der Waals surface area contributed by atoms with Crippen LogP contribution in [0, 0.1) is 6.92 Å². The lowest BCUT2D eigenvalue weighted by Gasteiger charge is -2.38. The Kier molecular flexibility index (Phi) is 6.24. The van der Waals surface area contributed by atoms with Crippen molar-refractivity contribution in [1.29, 1.82) is 0 Å². The van der Waals surface area contributed by atoms with E-state index >= 15 is 0 Å². The van der Waals surface area contributed by atoms with Crippen LogP contribution >= 0.6 is 0 Å². The summed E-state index contributed by atoms with van der Waals surface area (Å²) in [5.41, 5.74) is 4.58. The highest BCUT2D eigenvalue weighted by molar-refractivity contribution is 5.65. The smallest absolute Gasteiger partial charge is 0.344 e. The molecular formula is C26H30N10O2. The normalized spacial score (nSPS) is 17.4. The summed E-state index contributed by atoms with van der Waals surface area (Å²) in [5.74, 6) is 2.97. The summed E-state index contributed by atoms with van der Waals surface area (Å²) >= 11 is 0. The Balaban J connectivity index is 1.35. The number of hydrogen-bond acceptors (Lipinski definition) is 10. The highest BCUT2D eigenvalue weighted by Crippen LogP contribution is 2.33. The van der Waals surface area contributed by atoms with Crippen LogP contribution in [0.4, 0.5) is 23.3 Å². The molecule has 3 aromatic heterocycles. The van der Waals surface area contributed by atoms with Crippen molar-refractivity contribution in [2.24, 2.45) is 7.05 Å². The molecule has 196 valence electrons. The molecule has 0 saturated carbocycles. The monoisotopic (exact) mass is 514 g/mol. The van der Waals surface area contributed by atoms with Crippen LogP contribution < -0.4 is 20.8 Å². The second-order valence-electron chi connectivity index (χ2n) is 9.71. The minimum atomic E-state index is -0.275. The van der Waals surface area contributed by atoms with E-state index in [4.69, 9.17) is 14.7 Å². The van der Waals surface area contributed by atoms with Crippen LogP contribution in [0.5, 0.6) is 0 Å². The van der Waals surface area contributed by atoms with Crippen molar-refractivity contribution in [2.75, 3.05) is 41.4 Å². The lowest BCUT2D eigenvalue weighted by Crippen LogP contribution is -2.45. The number of nitrogens with zero attached hydrogens (tertiary/aromatic N) is 8. The third-order valence-corrected chi connectivity index (χ3v) is 6.97. The van der Waals surface area contributed by atoms with Crippen LogP contribution in [-0.2, 0) is 24.8 Å². The standard InChI is InChI=1S/C26H30N10O2/c1-16-12-22(28-15-27-16)35-9-8-20-21(13-35)30-23(31-24(20)36-10-11-38-14-17(36)2)18-4-6-19(7-5-18)29-25-32-26(37)34(3)33-25/h4-7,12,15,17H,8-11,13-14H2,1-3H3,(H2,29,32,33,37). The van der Waals surface area contributed by atoms with E-state index in [1.807, 2.05) is 37.3 Å². The molecule has 0 spiro atoms. The number of morpholine rings is 1. The SMILES string of the molecule is Cc1cc(N2CCc3c(nc(-c4ccc(Nc5nn(C)c(=O)[nH]5)cc4)nc3N3CCOCC3C)C2)ncn1. The minimum Gasteiger partial charge on any atom is -0.377 e. The first-order valence-electron chi connectivity index (χ1n) is 12.7. The summed E-state index contributed by atoms with van der Waals surface area (Å²) in [7, 11) is 1.60. The molecule has 1 atom stereocenters. The highest BCUT2D eigenvalue weighted by Gasteiger charge is 2.29. The van der Waals surface area contributed by atoms with Crippen molar-refractivity contribution in [2.45, 2.75) is 32.9 Å². The quantitative estimate of drug-likeness (QED) is 0.409. The average Bonchev–Trinajstić information content (AvgIpc) is 3.24. The number of anilines is 4. The molecule has 4 aromatic rings. The minimum absolute atomic E-state index is 0.227. The van der Waals surface area contributed by atoms with Crippen LogP contribution in [-0.4, -0.2) is 67.0 Å². The molecule has 1 aromatic carbocycles. The Bertz CT molecular complexity index is 1510. The molecule has 1 unspecified atom stereocenters. The van der Waals surface area contributed by atoms with Gasteiger partial charge in [-0.1, -0.05) is 0 Å². The van der Waals surface area contributed by atoms with Crippen molar-refractivity contribution >= 4 is 23.3 Å². The second kappa shape index (κ2) is 9.86. The van der Waals surface area contributed by atoms with Crippen LogP contribution in [0.2, 0.25) is 0 Å². The number of aromatic amines is 1. The largest absolute Gasteiger partial charge is 0.377 e. The summed E-state index contributed by atoms with van der Waals surface area (Å²) in [5, 5.41) is 7.25. The third kappa shape index (κ3) is 4.70. The molecule has 2 N–H and O–H groups in total. The Morgan fingerprint density at radius 2 is 1.97 bits per heavy atom. The number of fused-ring (bicyclic) bond motifs is 1. The molecule has 38 heavy (non-hydrogen) atoms. The number of aromatic nitrogens is 7. The predicted octanol–water partition coefficient (Wildman–Crippen LogP) is 2.20. The fraction of sp³-hybridized carbons (Fsp3) is 0.385. The van der Waals surface area contributed by atoms with Crippen molar-refractivity contribution in [3.8, 4) is 11.4 Å². The predicted molar refractivity (Wildman–Crippen MR) is 144 cm³/mol. The van der Waals surface area contributed by atoms with Gasteiger partial charge in [-0.2, -0.15) is 0 Å². The first-order chi connectivity index (χ1) is 18.4. The Labute approximate surface area is 219 Å². The van der Waals surface area contributed by atoms with Gasteiger partial charge in [0.05, 0.1) is 31.5 Å². The number of H-pyrrole nitrogens is 1. The molecule has 6 rings (SSSR count). The summed E-state index contributed by atoms with van der Waals surface area (Å²) in [6.45, 7) is 7.80. The van der Waals surface area contributed by atoms with Crippen molar-refractivity contribution in [1.82, 2.24) is 34.7 Å². The van der Waals surface area contributed by atoms with E-state index in [2.05, 4.69) is 42.1 Å². The number of hydrogen-bond donors (Lipinski definition) is 2. The molecule has 2 aliphatic heterocycles. The summed E-state index contributed by atoms with van der Waals surface area (Å²) in [4.78, 5) is 37.8. The van der Waals surface area contributed by atoms with E-state index in [1.165, 1.54) is 10.2 Å². The van der Waals surface area contributed by atoms with Crippen molar-refractivity contribution < 1.29 is 4.74 Å². The van der Waals surface area contributed by atoms with Gasteiger partial charge in [-0.25, -0.2) is 29.4 Å². The zero-order chi connectivity index (χ0) is 26.2. The Morgan fingerprint density at radius 3 is 2.71 bits per heavy atom. The lowest BCUT2D eigenvalue weighted by atomic mass is 10.0. The fourth-order valence-electron chi connectivity index (χ4n) is 4.93. The number of nitrogens with one attached hydrogen (secondary N) is 2. The number of rotatable bonds is 5. The molecule has 1 saturated heterocycles. The van der Waals surface area contributed by atoms with E-state index in [0.29, 0.717) is 31.5 Å². The van der Waals surface area contributed by atoms with Gasteiger partial charge >= 0.3 is 5.69 Å². The van der Waals surface area contributed by atoms with Gasteiger partial charge in [0.25, 0.3) is 0 Å². The topological polar surface area (TPSA) is 130 Å². The average molecular weight is 515 g/mol. The molecule has 0 amide bonds. The molecule has 1 fully saturated rings. The van der Waals surface area contributed by atoms with E-state index < -0.39 is 0 Å². The Morgan fingerprint density at radius 1 is 1.13 bits per heavy atom. The zero-order valence-electron chi connectivity index (χ0n) is 21.7. The molecule has 0 bridgehead atoms. The number of benzene rings is 1. The Hall–Kier alpha value is -4.32. The molecular weight excluding hydrogens is 484 g/mol. The molecule has 2 aliphatic rings. The van der Waals surface area contributed by atoms with Gasteiger partial charge < -0.3 is 19.9 Å². The third-order valence-electron chi connectivity index (χ3n) is 6.97. The zero-order valence-corrected chi connectivity index (χ0v) is 21.7. The van der Waals surface area contributed by atoms with Gasteiger partial charge in [-0.15, -0.1) is 5.10 Å². The van der Waals surface area contributed by atoms with Crippen molar-refractivity contribution in [3.05, 3.63) is 64.1 Å². The van der Waals surface area contributed by atoms with Crippen LogP contribution in [0.15, 0.2) is 41.5 Å². The molecule has 12 heteroatoms. The van der Waals surface area contributed by atoms with Crippen LogP contribution in [0.3, 0.4) is 0 Å². The van der Waals surface area contributed by atoms with Gasteiger partial charge in [0.1, 0.15) is 18.0 Å².